The van der Waals surface area contributed by atoms with Crippen LogP contribution >= 0.6 is 15.9 Å². The first-order valence-corrected chi connectivity index (χ1v) is 6.76. The van der Waals surface area contributed by atoms with Crippen LogP contribution in [0, 0.1) is 5.82 Å². The lowest BCUT2D eigenvalue weighted by Crippen LogP contribution is -1.98. The van der Waals surface area contributed by atoms with Crippen LogP contribution in [0.15, 0.2) is 47.1 Å². The molecule has 0 N–H and O–H groups in total. The number of fused-ring (bicyclic) bond motifs is 1. The molecule has 96 valence electrons. The van der Waals surface area contributed by atoms with Gasteiger partial charge in [0.25, 0.3) is 0 Å². The Morgan fingerprint density at radius 1 is 1.05 bits per heavy atom. The van der Waals surface area contributed by atoms with E-state index in [-0.39, 0.29) is 5.82 Å². The van der Waals surface area contributed by atoms with Gasteiger partial charge in [0.1, 0.15) is 11.6 Å². The van der Waals surface area contributed by atoms with Crippen molar-refractivity contribution in [3.63, 3.8) is 0 Å². The Morgan fingerprint density at radius 2 is 1.84 bits per heavy atom. The molecule has 2 heterocycles. The Balaban J connectivity index is 1.82. The molecule has 0 saturated heterocycles. The standard InChI is InChI=1S/C14H11BrFN3/c15-12-2-1-9-19-13(17-18-14(12)19)8-5-10-3-6-11(16)7-4-10/h1-4,6-7,9H,5,8H2. The monoisotopic (exact) mass is 319 g/mol. The summed E-state index contributed by atoms with van der Waals surface area (Å²) in [6.45, 7) is 0. The van der Waals surface area contributed by atoms with Crippen LogP contribution in [-0.2, 0) is 12.8 Å². The van der Waals surface area contributed by atoms with Gasteiger partial charge in [-0.3, -0.25) is 4.40 Å². The number of aromatic nitrogens is 3. The summed E-state index contributed by atoms with van der Waals surface area (Å²) >= 11 is 3.45. The van der Waals surface area contributed by atoms with Crippen molar-refractivity contribution in [1.82, 2.24) is 14.6 Å². The van der Waals surface area contributed by atoms with E-state index in [2.05, 4.69) is 26.1 Å². The Kier molecular flexibility index (Phi) is 3.29. The van der Waals surface area contributed by atoms with E-state index >= 15 is 0 Å². The smallest absolute Gasteiger partial charge is 0.175 e. The summed E-state index contributed by atoms with van der Waals surface area (Å²) < 4.78 is 15.7. The molecule has 0 aliphatic rings. The lowest BCUT2D eigenvalue weighted by Gasteiger charge is -2.01. The highest BCUT2D eigenvalue weighted by Crippen LogP contribution is 2.17. The van der Waals surface area contributed by atoms with Crippen LogP contribution < -0.4 is 0 Å². The summed E-state index contributed by atoms with van der Waals surface area (Å²) in [5.74, 6) is 0.696. The number of hydrogen-bond donors (Lipinski definition) is 0. The minimum Gasteiger partial charge on any atom is -0.285 e. The topological polar surface area (TPSA) is 30.2 Å². The first kappa shape index (κ1) is 12.3. The fraction of sp³-hybridized carbons (Fsp3) is 0.143. The number of pyridine rings is 1. The molecule has 19 heavy (non-hydrogen) atoms. The maximum Gasteiger partial charge on any atom is 0.175 e. The number of benzene rings is 1. The molecule has 3 rings (SSSR count). The van der Waals surface area contributed by atoms with E-state index in [1.807, 2.05) is 22.7 Å². The second-order valence-corrected chi connectivity index (χ2v) is 5.15. The summed E-state index contributed by atoms with van der Waals surface area (Å²) in [6, 6.07) is 10.4. The minimum absolute atomic E-state index is 0.208. The maximum absolute atomic E-state index is 12.8. The molecule has 0 aliphatic heterocycles. The molecule has 2 aromatic heterocycles. The fourth-order valence-electron chi connectivity index (χ4n) is 2.01. The van der Waals surface area contributed by atoms with E-state index in [0.29, 0.717) is 0 Å². The van der Waals surface area contributed by atoms with Crippen molar-refractivity contribution in [2.75, 3.05) is 0 Å². The van der Waals surface area contributed by atoms with Crippen LogP contribution in [0.2, 0.25) is 0 Å². The SMILES string of the molecule is Fc1ccc(CCc2nnc3c(Br)cccn23)cc1. The van der Waals surface area contributed by atoms with E-state index in [9.17, 15) is 4.39 Å². The highest BCUT2D eigenvalue weighted by Gasteiger charge is 2.07. The molecule has 3 nitrogen and oxygen atoms in total. The Hall–Kier alpha value is -1.75. The van der Waals surface area contributed by atoms with Gasteiger partial charge < -0.3 is 0 Å². The molecule has 0 spiro atoms. The fourth-order valence-corrected chi connectivity index (χ4v) is 2.43. The highest BCUT2D eigenvalue weighted by molar-refractivity contribution is 9.10. The molecule has 0 bridgehead atoms. The van der Waals surface area contributed by atoms with E-state index in [4.69, 9.17) is 0 Å². The lowest BCUT2D eigenvalue weighted by molar-refractivity contribution is 0.627. The normalized spacial score (nSPS) is 11.1. The van der Waals surface area contributed by atoms with Crippen LogP contribution in [0.4, 0.5) is 4.39 Å². The van der Waals surface area contributed by atoms with E-state index in [1.54, 1.807) is 12.1 Å². The predicted octanol–water partition coefficient (Wildman–Crippen LogP) is 3.42. The third-order valence-electron chi connectivity index (χ3n) is 3.01. The summed E-state index contributed by atoms with van der Waals surface area (Å²) in [4.78, 5) is 0. The Labute approximate surface area is 118 Å². The van der Waals surface area contributed by atoms with Crippen molar-refractivity contribution in [3.05, 3.63) is 64.3 Å². The molecule has 0 unspecified atom stereocenters. The highest BCUT2D eigenvalue weighted by atomic mass is 79.9. The van der Waals surface area contributed by atoms with E-state index in [0.717, 1.165) is 34.3 Å². The molecular weight excluding hydrogens is 309 g/mol. The second kappa shape index (κ2) is 5.09. The molecule has 0 aliphatic carbocycles. The van der Waals surface area contributed by atoms with Crippen LogP contribution in [0.3, 0.4) is 0 Å². The average molecular weight is 320 g/mol. The minimum atomic E-state index is -0.208. The van der Waals surface area contributed by atoms with Gasteiger partial charge in [-0.1, -0.05) is 12.1 Å². The van der Waals surface area contributed by atoms with Crippen LogP contribution in [0.25, 0.3) is 5.65 Å². The first-order valence-electron chi connectivity index (χ1n) is 5.96. The molecule has 0 amide bonds. The Morgan fingerprint density at radius 3 is 2.63 bits per heavy atom. The van der Waals surface area contributed by atoms with Crippen molar-refractivity contribution < 1.29 is 4.39 Å². The summed E-state index contributed by atoms with van der Waals surface area (Å²) in [7, 11) is 0. The first-order chi connectivity index (χ1) is 9.24. The molecule has 1 aromatic carbocycles. The number of rotatable bonds is 3. The zero-order valence-corrected chi connectivity index (χ0v) is 11.6. The van der Waals surface area contributed by atoms with E-state index < -0.39 is 0 Å². The van der Waals surface area contributed by atoms with Gasteiger partial charge in [-0.05, 0) is 52.2 Å². The van der Waals surface area contributed by atoms with Gasteiger partial charge in [-0.25, -0.2) is 4.39 Å². The molecule has 0 fully saturated rings. The predicted molar refractivity (Wildman–Crippen MR) is 74.5 cm³/mol. The van der Waals surface area contributed by atoms with E-state index in [1.165, 1.54) is 12.1 Å². The molecular formula is C14H11BrFN3. The number of aryl methyl sites for hydroxylation is 2. The summed E-state index contributed by atoms with van der Waals surface area (Å²) in [6.07, 6.45) is 3.52. The van der Waals surface area contributed by atoms with Crippen LogP contribution in [0.1, 0.15) is 11.4 Å². The number of hydrogen-bond acceptors (Lipinski definition) is 2. The van der Waals surface area contributed by atoms with Gasteiger partial charge in [0.2, 0.25) is 0 Å². The molecule has 0 saturated carbocycles. The number of halogens is 2. The van der Waals surface area contributed by atoms with Crippen molar-refractivity contribution in [2.24, 2.45) is 0 Å². The maximum atomic E-state index is 12.8. The van der Waals surface area contributed by atoms with Gasteiger partial charge in [0.05, 0.1) is 4.47 Å². The average Bonchev–Trinajstić information content (AvgIpc) is 2.83. The molecule has 0 atom stereocenters. The summed E-state index contributed by atoms with van der Waals surface area (Å²) in [5.41, 5.74) is 1.91. The van der Waals surface area contributed by atoms with Crippen molar-refractivity contribution in [2.45, 2.75) is 12.8 Å². The van der Waals surface area contributed by atoms with Gasteiger partial charge in [0.15, 0.2) is 5.65 Å². The molecule has 0 radical (unpaired) electrons. The van der Waals surface area contributed by atoms with Crippen LogP contribution in [-0.4, -0.2) is 14.6 Å². The molecule has 3 aromatic rings. The van der Waals surface area contributed by atoms with Gasteiger partial charge in [-0.2, -0.15) is 0 Å². The largest absolute Gasteiger partial charge is 0.285 e. The third kappa shape index (κ3) is 2.51. The zero-order chi connectivity index (χ0) is 13.2. The zero-order valence-electron chi connectivity index (χ0n) is 10.1. The quantitative estimate of drug-likeness (QED) is 0.740. The van der Waals surface area contributed by atoms with Crippen molar-refractivity contribution in [3.8, 4) is 0 Å². The van der Waals surface area contributed by atoms with Crippen LogP contribution in [0.5, 0.6) is 0 Å². The van der Waals surface area contributed by atoms with Crippen molar-refractivity contribution >= 4 is 21.6 Å². The van der Waals surface area contributed by atoms with Gasteiger partial charge in [-0.15, -0.1) is 10.2 Å². The summed E-state index contributed by atoms with van der Waals surface area (Å²) in [5, 5.41) is 8.35. The van der Waals surface area contributed by atoms with Gasteiger partial charge >= 0.3 is 0 Å². The Bertz CT molecular complexity index is 706. The lowest BCUT2D eigenvalue weighted by atomic mass is 10.1. The van der Waals surface area contributed by atoms with Gasteiger partial charge in [0, 0.05) is 12.6 Å². The molecule has 5 heteroatoms. The van der Waals surface area contributed by atoms with Crippen molar-refractivity contribution in [1.29, 1.82) is 0 Å². The third-order valence-corrected chi connectivity index (χ3v) is 3.63. The number of nitrogens with zero attached hydrogens (tertiary/aromatic N) is 3. The second-order valence-electron chi connectivity index (χ2n) is 4.29.